The summed E-state index contributed by atoms with van der Waals surface area (Å²) in [4.78, 5) is 59.5. The predicted molar refractivity (Wildman–Crippen MR) is 120 cm³/mol. The van der Waals surface area contributed by atoms with Crippen LogP contribution in [-0.2, 0) is 38.2 Å². The van der Waals surface area contributed by atoms with Crippen LogP contribution in [0.1, 0.15) is 32.6 Å². The maximum Gasteiger partial charge on any atom is 0.326 e. The number of nitrogens with one attached hydrogen (secondary N) is 1. The summed E-state index contributed by atoms with van der Waals surface area (Å²) in [7, 11) is 1.45. The first-order valence-corrected chi connectivity index (χ1v) is 11.3. The fraction of sp³-hybridized carbons (Fsp3) is 0.682. The number of carboxylic acids is 1. The summed E-state index contributed by atoms with van der Waals surface area (Å²) in [5, 5.41) is 11.6. The van der Waals surface area contributed by atoms with Crippen molar-refractivity contribution >= 4 is 29.6 Å². The summed E-state index contributed by atoms with van der Waals surface area (Å²) >= 11 is 0. The van der Waals surface area contributed by atoms with Gasteiger partial charge in [0.25, 0.3) is 11.8 Å². The monoisotopic (exact) mass is 485 g/mol. The minimum atomic E-state index is -1.06. The van der Waals surface area contributed by atoms with Crippen molar-refractivity contribution in [2.45, 2.75) is 38.6 Å². The number of aliphatic carboxylic acids is 1. The van der Waals surface area contributed by atoms with Gasteiger partial charge in [0.15, 0.2) is 0 Å². The molecule has 34 heavy (non-hydrogen) atoms. The normalized spacial score (nSPS) is 13.9. The van der Waals surface area contributed by atoms with Crippen LogP contribution in [0.3, 0.4) is 0 Å². The number of amides is 4. The molecular formula is C22H35N3O9. The largest absolute Gasteiger partial charge is 0.480 e. The topological polar surface area (TPSA) is 152 Å². The van der Waals surface area contributed by atoms with E-state index >= 15 is 0 Å². The van der Waals surface area contributed by atoms with Crippen molar-refractivity contribution in [2.75, 3.05) is 59.8 Å². The van der Waals surface area contributed by atoms with E-state index in [-0.39, 0.29) is 49.6 Å². The first kappa shape index (κ1) is 29.2. The second-order valence-corrected chi connectivity index (χ2v) is 7.57. The molecule has 12 nitrogen and oxygen atoms in total. The molecule has 0 aromatic rings. The van der Waals surface area contributed by atoms with Crippen molar-refractivity contribution in [1.82, 2.24) is 15.1 Å². The van der Waals surface area contributed by atoms with Crippen molar-refractivity contribution in [2.24, 2.45) is 0 Å². The Morgan fingerprint density at radius 3 is 2.06 bits per heavy atom. The molecule has 12 heteroatoms. The van der Waals surface area contributed by atoms with Crippen molar-refractivity contribution in [3.05, 3.63) is 12.2 Å². The Labute approximate surface area is 199 Å². The van der Waals surface area contributed by atoms with Crippen LogP contribution < -0.4 is 5.32 Å². The van der Waals surface area contributed by atoms with Gasteiger partial charge in [-0.1, -0.05) is 0 Å². The third kappa shape index (κ3) is 11.9. The summed E-state index contributed by atoms with van der Waals surface area (Å²) in [6, 6.07) is -0.877. The van der Waals surface area contributed by atoms with Gasteiger partial charge in [0, 0.05) is 38.6 Å². The van der Waals surface area contributed by atoms with Gasteiger partial charge in [-0.25, -0.2) is 4.79 Å². The van der Waals surface area contributed by atoms with Crippen molar-refractivity contribution in [3.63, 3.8) is 0 Å². The van der Waals surface area contributed by atoms with Crippen LogP contribution in [0, 0.1) is 0 Å². The molecule has 0 saturated heterocycles. The maximum atomic E-state index is 11.9. The van der Waals surface area contributed by atoms with Gasteiger partial charge in [0.2, 0.25) is 11.8 Å². The van der Waals surface area contributed by atoms with Gasteiger partial charge < -0.3 is 29.5 Å². The summed E-state index contributed by atoms with van der Waals surface area (Å²) in [5.41, 5.74) is 0. The van der Waals surface area contributed by atoms with E-state index < -0.39 is 12.0 Å². The molecule has 192 valence electrons. The van der Waals surface area contributed by atoms with Crippen LogP contribution in [0.4, 0.5) is 0 Å². The lowest BCUT2D eigenvalue weighted by atomic mass is 10.1. The lowest BCUT2D eigenvalue weighted by molar-refractivity contribution is -0.148. The molecular weight excluding hydrogens is 450 g/mol. The number of carbonyl (C=O) groups is 5. The molecule has 2 N–H and O–H groups in total. The van der Waals surface area contributed by atoms with Gasteiger partial charge in [-0.2, -0.15) is 0 Å². The number of hydrogen-bond donors (Lipinski definition) is 2. The number of hydrogen-bond acceptors (Lipinski definition) is 8. The average molecular weight is 486 g/mol. The Morgan fingerprint density at radius 1 is 0.941 bits per heavy atom. The summed E-state index contributed by atoms with van der Waals surface area (Å²) in [6.07, 6.45) is 3.98. The molecule has 0 aromatic carbocycles. The SMILES string of the molecule is CC(C(=O)O)N(C)C(=O)CCCCC(=O)NCCOCCOCCOCCN1C(=O)C=CC1=O. The Balaban J connectivity index is 1.87. The maximum absolute atomic E-state index is 11.9. The van der Waals surface area contributed by atoms with Gasteiger partial charge in [-0.05, 0) is 19.8 Å². The Bertz CT molecular complexity index is 708. The fourth-order valence-electron chi connectivity index (χ4n) is 2.82. The van der Waals surface area contributed by atoms with Gasteiger partial charge in [-0.15, -0.1) is 0 Å². The second-order valence-electron chi connectivity index (χ2n) is 7.57. The van der Waals surface area contributed by atoms with Gasteiger partial charge >= 0.3 is 5.97 Å². The van der Waals surface area contributed by atoms with E-state index in [1.165, 1.54) is 31.0 Å². The molecule has 1 aliphatic rings. The molecule has 0 aliphatic carbocycles. The zero-order chi connectivity index (χ0) is 25.3. The number of nitrogens with zero attached hydrogens (tertiary/aromatic N) is 2. The molecule has 0 radical (unpaired) electrons. The zero-order valence-corrected chi connectivity index (χ0v) is 19.8. The minimum absolute atomic E-state index is 0.134. The molecule has 1 rings (SSSR count). The van der Waals surface area contributed by atoms with Crippen LogP contribution in [0.2, 0.25) is 0 Å². The van der Waals surface area contributed by atoms with Gasteiger partial charge in [0.05, 0.1) is 46.2 Å². The quantitative estimate of drug-likeness (QED) is 0.183. The standard InChI is InChI=1S/C22H35N3O9/c1-17(22(30)31)24(2)19(27)6-4-3-5-18(26)23-9-11-32-13-15-34-16-14-33-12-10-25-20(28)7-8-21(25)29/h7-8,17H,3-6,9-16H2,1-2H3,(H,23,26)(H,30,31). The average Bonchev–Trinajstić information content (AvgIpc) is 3.13. The lowest BCUT2D eigenvalue weighted by Gasteiger charge is -2.21. The third-order valence-corrected chi connectivity index (χ3v) is 5.05. The molecule has 1 heterocycles. The predicted octanol–water partition coefficient (Wildman–Crippen LogP) is -0.431. The Hall–Kier alpha value is -2.83. The highest BCUT2D eigenvalue weighted by molar-refractivity contribution is 6.12. The summed E-state index contributed by atoms with van der Waals surface area (Å²) in [6.45, 7) is 4.03. The van der Waals surface area contributed by atoms with E-state index in [1.807, 2.05) is 0 Å². The Morgan fingerprint density at radius 2 is 1.47 bits per heavy atom. The number of ether oxygens (including phenoxy) is 3. The molecule has 0 saturated carbocycles. The molecule has 1 aliphatic heterocycles. The fourth-order valence-corrected chi connectivity index (χ4v) is 2.82. The number of unbranched alkanes of at least 4 members (excludes halogenated alkanes) is 1. The molecule has 0 fully saturated rings. The van der Waals surface area contributed by atoms with Crippen LogP contribution in [0.25, 0.3) is 0 Å². The molecule has 4 amide bonds. The zero-order valence-electron chi connectivity index (χ0n) is 19.8. The first-order valence-electron chi connectivity index (χ1n) is 11.3. The van der Waals surface area contributed by atoms with E-state index in [0.29, 0.717) is 52.4 Å². The molecule has 1 unspecified atom stereocenters. The van der Waals surface area contributed by atoms with E-state index in [9.17, 15) is 24.0 Å². The van der Waals surface area contributed by atoms with Crippen molar-refractivity contribution < 1.29 is 43.3 Å². The van der Waals surface area contributed by atoms with E-state index in [2.05, 4.69) is 5.32 Å². The van der Waals surface area contributed by atoms with Crippen molar-refractivity contribution in [3.8, 4) is 0 Å². The lowest BCUT2D eigenvalue weighted by Crippen LogP contribution is -2.40. The van der Waals surface area contributed by atoms with E-state index in [0.717, 1.165) is 4.90 Å². The van der Waals surface area contributed by atoms with Gasteiger partial charge in [-0.3, -0.25) is 24.1 Å². The minimum Gasteiger partial charge on any atom is -0.480 e. The second kappa shape index (κ2) is 16.7. The van der Waals surface area contributed by atoms with Crippen LogP contribution in [0.5, 0.6) is 0 Å². The molecule has 1 atom stereocenters. The third-order valence-electron chi connectivity index (χ3n) is 5.05. The smallest absolute Gasteiger partial charge is 0.326 e. The highest BCUT2D eigenvalue weighted by Gasteiger charge is 2.22. The highest BCUT2D eigenvalue weighted by Crippen LogP contribution is 2.06. The van der Waals surface area contributed by atoms with Crippen LogP contribution in [0.15, 0.2) is 12.2 Å². The number of rotatable bonds is 19. The highest BCUT2D eigenvalue weighted by atomic mass is 16.5. The number of imide groups is 1. The summed E-state index contributed by atoms with van der Waals surface area (Å²) < 4.78 is 16.0. The number of carbonyl (C=O) groups excluding carboxylic acids is 4. The van der Waals surface area contributed by atoms with Crippen LogP contribution in [-0.4, -0.2) is 110 Å². The number of carboxylic acid groups (broad SMARTS) is 1. The van der Waals surface area contributed by atoms with E-state index in [4.69, 9.17) is 19.3 Å². The molecule has 0 aromatic heterocycles. The van der Waals surface area contributed by atoms with Crippen molar-refractivity contribution in [1.29, 1.82) is 0 Å². The van der Waals surface area contributed by atoms with E-state index in [1.54, 1.807) is 0 Å². The van der Waals surface area contributed by atoms with Gasteiger partial charge in [0.1, 0.15) is 6.04 Å². The molecule has 0 spiro atoms. The number of likely N-dealkylation sites (N-methyl/N-ethyl adjacent to an activating group) is 1. The van der Waals surface area contributed by atoms with Crippen LogP contribution >= 0.6 is 0 Å². The summed E-state index contributed by atoms with van der Waals surface area (Å²) in [5.74, 6) is -2.11. The molecule has 0 bridgehead atoms. The first-order chi connectivity index (χ1) is 16.2. The Kier molecular flexibility index (Phi) is 14.4.